The van der Waals surface area contributed by atoms with Crippen LogP contribution in [0.5, 0.6) is 0 Å². The van der Waals surface area contributed by atoms with Gasteiger partial charge in [0.1, 0.15) is 11.5 Å². The Bertz CT molecular complexity index is 813. The van der Waals surface area contributed by atoms with E-state index in [1.807, 2.05) is 0 Å². The molecule has 3 rings (SSSR count). The van der Waals surface area contributed by atoms with Crippen molar-refractivity contribution in [1.82, 2.24) is 15.4 Å². The molecule has 21 heavy (non-hydrogen) atoms. The molecule has 6 heteroatoms. The number of rotatable bonds is 3. The minimum Gasteiger partial charge on any atom is -0.364 e. The third-order valence-corrected chi connectivity index (χ3v) is 3.13. The molecule has 1 aromatic heterocycles. The van der Waals surface area contributed by atoms with Crippen molar-refractivity contribution in [2.75, 3.05) is 0 Å². The van der Waals surface area contributed by atoms with Crippen LogP contribution in [0, 0.1) is 5.82 Å². The van der Waals surface area contributed by atoms with E-state index in [-0.39, 0.29) is 11.5 Å². The number of benzene rings is 2. The minimum absolute atomic E-state index is 0.0267. The van der Waals surface area contributed by atoms with Crippen LogP contribution < -0.4 is 5.73 Å². The maximum atomic E-state index is 14.0. The number of nitrogens with one attached hydrogen (secondary N) is 1. The van der Waals surface area contributed by atoms with Crippen LogP contribution in [0.1, 0.15) is 10.5 Å². The summed E-state index contributed by atoms with van der Waals surface area (Å²) in [6.07, 6.45) is 0. The molecule has 104 valence electrons. The molecular formula is C15H11FN4O. The van der Waals surface area contributed by atoms with Gasteiger partial charge in [-0.05, 0) is 11.6 Å². The lowest BCUT2D eigenvalue weighted by molar-refractivity contribution is 0.0996. The molecule has 0 atom stereocenters. The van der Waals surface area contributed by atoms with E-state index in [9.17, 15) is 9.18 Å². The maximum absolute atomic E-state index is 14.0. The molecule has 0 spiro atoms. The van der Waals surface area contributed by atoms with Crippen LogP contribution in [0.15, 0.2) is 48.5 Å². The summed E-state index contributed by atoms with van der Waals surface area (Å²) in [7, 11) is 0. The zero-order valence-corrected chi connectivity index (χ0v) is 10.9. The Morgan fingerprint density at radius 1 is 0.952 bits per heavy atom. The fourth-order valence-corrected chi connectivity index (χ4v) is 2.19. The highest BCUT2D eigenvalue weighted by atomic mass is 19.1. The maximum Gasteiger partial charge on any atom is 0.271 e. The lowest BCUT2D eigenvalue weighted by Crippen LogP contribution is -2.13. The average molecular weight is 282 g/mol. The summed E-state index contributed by atoms with van der Waals surface area (Å²) < 4.78 is 14.0. The van der Waals surface area contributed by atoms with Gasteiger partial charge in [0.05, 0.1) is 0 Å². The number of halogens is 1. The van der Waals surface area contributed by atoms with E-state index >= 15 is 0 Å². The number of aromatic amines is 1. The van der Waals surface area contributed by atoms with Crippen molar-refractivity contribution in [3.63, 3.8) is 0 Å². The molecule has 0 saturated carbocycles. The Balaban J connectivity index is 2.24. The summed E-state index contributed by atoms with van der Waals surface area (Å²) in [5.41, 5.74) is 7.24. The van der Waals surface area contributed by atoms with Crippen LogP contribution in [0.4, 0.5) is 4.39 Å². The Hall–Kier alpha value is -3.02. The van der Waals surface area contributed by atoms with Gasteiger partial charge in [-0.25, -0.2) is 4.39 Å². The van der Waals surface area contributed by atoms with E-state index < -0.39 is 5.91 Å². The van der Waals surface area contributed by atoms with Gasteiger partial charge in [-0.1, -0.05) is 42.5 Å². The largest absolute Gasteiger partial charge is 0.364 e. The Morgan fingerprint density at radius 3 is 2.24 bits per heavy atom. The number of primary amides is 1. The zero-order chi connectivity index (χ0) is 14.8. The highest BCUT2D eigenvalue weighted by Gasteiger charge is 2.19. The van der Waals surface area contributed by atoms with Gasteiger partial charge in [-0.3, -0.25) is 4.79 Å². The van der Waals surface area contributed by atoms with Crippen molar-refractivity contribution in [2.24, 2.45) is 5.73 Å². The van der Waals surface area contributed by atoms with Gasteiger partial charge < -0.3 is 5.73 Å². The van der Waals surface area contributed by atoms with Crippen molar-refractivity contribution in [3.05, 3.63) is 60.0 Å². The second-order valence-electron chi connectivity index (χ2n) is 4.41. The SMILES string of the molecule is NC(=O)c1n[nH]nc1-c1ccccc1-c1ccccc1F. The first-order valence-corrected chi connectivity index (χ1v) is 6.23. The van der Waals surface area contributed by atoms with Gasteiger partial charge in [0.2, 0.25) is 0 Å². The van der Waals surface area contributed by atoms with Crippen LogP contribution in [-0.4, -0.2) is 21.3 Å². The number of amides is 1. The molecule has 3 aromatic rings. The molecule has 0 radical (unpaired) electrons. The molecule has 0 aliphatic heterocycles. The molecule has 0 aliphatic rings. The summed E-state index contributed by atoms with van der Waals surface area (Å²) >= 11 is 0. The standard InChI is InChI=1S/C15H11FN4O/c16-12-8-4-3-6-10(12)9-5-1-2-7-11(9)13-14(15(17)21)19-20-18-13/h1-8H,(H2,17,21)(H,18,19,20). The molecule has 0 bridgehead atoms. The number of nitrogens with two attached hydrogens (primary N) is 1. The first-order chi connectivity index (χ1) is 10.2. The van der Waals surface area contributed by atoms with Gasteiger partial charge in [0.15, 0.2) is 5.69 Å². The minimum atomic E-state index is -0.693. The molecule has 0 fully saturated rings. The first-order valence-electron chi connectivity index (χ1n) is 6.23. The summed E-state index contributed by atoms with van der Waals surface area (Å²) in [6, 6.07) is 13.5. The number of carbonyl (C=O) groups excluding carboxylic acids is 1. The highest BCUT2D eigenvalue weighted by Crippen LogP contribution is 2.33. The van der Waals surface area contributed by atoms with Gasteiger partial charge in [0, 0.05) is 11.1 Å². The Kier molecular flexibility index (Phi) is 3.19. The van der Waals surface area contributed by atoms with Crippen LogP contribution in [0.3, 0.4) is 0 Å². The van der Waals surface area contributed by atoms with Crippen LogP contribution in [0.25, 0.3) is 22.4 Å². The van der Waals surface area contributed by atoms with Crippen LogP contribution in [0.2, 0.25) is 0 Å². The summed E-state index contributed by atoms with van der Waals surface area (Å²) in [5.74, 6) is -1.05. The molecule has 0 aliphatic carbocycles. The van der Waals surface area contributed by atoms with Crippen molar-refractivity contribution < 1.29 is 9.18 Å². The normalized spacial score (nSPS) is 10.5. The number of aromatic nitrogens is 3. The molecular weight excluding hydrogens is 271 g/mol. The quantitative estimate of drug-likeness (QED) is 0.773. The topological polar surface area (TPSA) is 84.7 Å². The molecule has 5 nitrogen and oxygen atoms in total. The lowest BCUT2D eigenvalue weighted by Gasteiger charge is -2.09. The first kappa shape index (κ1) is 13.0. The average Bonchev–Trinajstić information content (AvgIpc) is 2.97. The van der Waals surface area contributed by atoms with E-state index in [2.05, 4.69) is 15.4 Å². The van der Waals surface area contributed by atoms with E-state index in [4.69, 9.17) is 5.73 Å². The van der Waals surface area contributed by atoms with E-state index in [0.29, 0.717) is 22.4 Å². The summed E-state index contributed by atoms with van der Waals surface area (Å²) in [4.78, 5) is 11.4. The second kappa shape index (κ2) is 5.16. The second-order valence-corrected chi connectivity index (χ2v) is 4.41. The zero-order valence-electron chi connectivity index (χ0n) is 10.9. The van der Waals surface area contributed by atoms with Crippen molar-refractivity contribution in [1.29, 1.82) is 0 Å². The predicted molar refractivity (Wildman–Crippen MR) is 75.7 cm³/mol. The monoisotopic (exact) mass is 282 g/mol. The summed E-state index contributed by atoms with van der Waals surface area (Å²) in [5, 5.41) is 10.1. The Labute approximate surface area is 119 Å². The fraction of sp³-hybridized carbons (Fsp3) is 0. The molecule has 1 heterocycles. The van der Waals surface area contributed by atoms with Crippen molar-refractivity contribution in [2.45, 2.75) is 0 Å². The van der Waals surface area contributed by atoms with Crippen LogP contribution >= 0.6 is 0 Å². The van der Waals surface area contributed by atoms with Crippen molar-refractivity contribution >= 4 is 5.91 Å². The van der Waals surface area contributed by atoms with Gasteiger partial charge in [0.25, 0.3) is 5.91 Å². The number of hydrogen-bond donors (Lipinski definition) is 2. The number of carbonyl (C=O) groups is 1. The molecule has 0 saturated heterocycles. The third-order valence-electron chi connectivity index (χ3n) is 3.13. The molecule has 3 N–H and O–H groups in total. The predicted octanol–water partition coefficient (Wildman–Crippen LogP) is 2.38. The Morgan fingerprint density at radius 2 is 1.57 bits per heavy atom. The highest BCUT2D eigenvalue weighted by molar-refractivity contribution is 5.98. The van der Waals surface area contributed by atoms with Gasteiger partial charge in [-0.15, -0.1) is 0 Å². The van der Waals surface area contributed by atoms with E-state index in [1.54, 1.807) is 42.5 Å². The molecule has 1 amide bonds. The van der Waals surface area contributed by atoms with Gasteiger partial charge in [-0.2, -0.15) is 15.4 Å². The van der Waals surface area contributed by atoms with Crippen LogP contribution in [-0.2, 0) is 0 Å². The van der Waals surface area contributed by atoms with Crippen molar-refractivity contribution in [3.8, 4) is 22.4 Å². The molecule has 0 unspecified atom stereocenters. The van der Waals surface area contributed by atoms with E-state index in [1.165, 1.54) is 6.07 Å². The lowest BCUT2D eigenvalue weighted by atomic mass is 9.96. The summed E-state index contributed by atoms with van der Waals surface area (Å²) in [6.45, 7) is 0. The van der Waals surface area contributed by atoms with E-state index in [0.717, 1.165) is 0 Å². The number of nitrogens with zero attached hydrogens (tertiary/aromatic N) is 2. The smallest absolute Gasteiger partial charge is 0.271 e. The number of hydrogen-bond acceptors (Lipinski definition) is 3. The third kappa shape index (κ3) is 2.27. The van der Waals surface area contributed by atoms with Gasteiger partial charge >= 0.3 is 0 Å². The number of H-pyrrole nitrogens is 1. The molecule has 2 aromatic carbocycles. The fourth-order valence-electron chi connectivity index (χ4n) is 2.19.